The Morgan fingerprint density at radius 1 is 0.952 bits per heavy atom. The minimum atomic E-state index is -4.53. The Hall–Kier alpha value is -2.29. The number of sulfonamides is 1. The van der Waals surface area contributed by atoms with Crippen LogP contribution in [0.4, 0.5) is 28.9 Å². The summed E-state index contributed by atoms with van der Waals surface area (Å²) < 4.78 is 78.1. The van der Waals surface area contributed by atoms with Crippen LogP contribution in [0.15, 0.2) is 35.2 Å². The molecule has 0 radical (unpaired) electrons. The average Bonchev–Trinajstić information content (AvgIpc) is 2.34. The van der Waals surface area contributed by atoms with Crippen molar-refractivity contribution in [3.63, 3.8) is 0 Å². The molecule has 2 aromatic carbocycles. The van der Waals surface area contributed by atoms with Crippen LogP contribution >= 0.6 is 0 Å². The minimum Gasteiger partial charge on any atom is -0.398 e. The van der Waals surface area contributed by atoms with E-state index in [-0.39, 0.29) is 5.69 Å². The first-order chi connectivity index (χ1) is 9.72. The van der Waals surface area contributed by atoms with Crippen LogP contribution in [0, 0.1) is 23.3 Å². The molecule has 2 rings (SSSR count). The predicted octanol–water partition coefficient (Wildman–Crippen LogP) is 2.63. The zero-order chi connectivity index (χ0) is 15.8. The number of halogens is 4. The van der Waals surface area contributed by atoms with E-state index < -0.39 is 43.9 Å². The Morgan fingerprint density at radius 3 is 2.05 bits per heavy atom. The van der Waals surface area contributed by atoms with Gasteiger partial charge in [0.05, 0.1) is 11.4 Å². The second-order valence-electron chi connectivity index (χ2n) is 4.02. The van der Waals surface area contributed by atoms with Crippen molar-refractivity contribution < 1.29 is 26.0 Å². The van der Waals surface area contributed by atoms with Crippen molar-refractivity contribution >= 4 is 21.4 Å². The molecule has 0 fully saturated rings. The molecule has 2 aromatic rings. The first-order valence-electron chi connectivity index (χ1n) is 5.43. The summed E-state index contributed by atoms with van der Waals surface area (Å²) in [5, 5.41) is 0. The SMILES string of the molecule is Nc1cccc(F)c1S(=O)(=O)Nc1cc(F)c(F)c(F)c1. The molecule has 0 atom stereocenters. The highest BCUT2D eigenvalue weighted by Crippen LogP contribution is 2.25. The normalized spacial score (nSPS) is 11.4. The fraction of sp³-hybridized carbons (Fsp3) is 0. The number of anilines is 2. The van der Waals surface area contributed by atoms with Crippen molar-refractivity contribution in [1.82, 2.24) is 0 Å². The molecule has 0 aliphatic rings. The third-order valence-corrected chi connectivity index (χ3v) is 3.97. The molecule has 0 bridgehead atoms. The molecular weight excluding hydrogens is 312 g/mol. The molecule has 3 N–H and O–H groups in total. The lowest BCUT2D eigenvalue weighted by molar-refractivity contribution is 0.448. The van der Waals surface area contributed by atoms with E-state index in [2.05, 4.69) is 0 Å². The number of hydrogen-bond donors (Lipinski definition) is 2. The lowest BCUT2D eigenvalue weighted by Crippen LogP contribution is -2.17. The molecule has 0 aliphatic heterocycles. The second kappa shape index (κ2) is 5.24. The van der Waals surface area contributed by atoms with Gasteiger partial charge < -0.3 is 5.73 Å². The lowest BCUT2D eigenvalue weighted by Gasteiger charge is -2.11. The molecule has 21 heavy (non-hydrogen) atoms. The number of nitrogens with one attached hydrogen (secondary N) is 1. The minimum absolute atomic E-state index is 0.384. The Kier molecular flexibility index (Phi) is 3.77. The van der Waals surface area contributed by atoms with E-state index in [4.69, 9.17) is 5.73 Å². The summed E-state index contributed by atoms with van der Waals surface area (Å²) in [6, 6.07) is 4.04. The molecule has 112 valence electrons. The molecule has 0 heterocycles. The topological polar surface area (TPSA) is 72.2 Å². The van der Waals surface area contributed by atoms with Crippen molar-refractivity contribution in [2.45, 2.75) is 4.90 Å². The molecule has 0 aromatic heterocycles. The van der Waals surface area contributed by atoms with Gasteiger partial charge in [0, 0.05) is 12.1 Å². The average molecular weight is 320 g/mol. The Labute approximate surface area is 117 Å². The summed E-state index contributed by atoms with van der Waals surface area (Å²) >= 11 is 0. The zero-order valence-corrected chi connectivity index (χ0v) is 11.0. The van der Waals surface area contributed by atoms with Gasteiger partial charge in [-0.15, -0.1) is 0 Å². The molecule has 0 aliphatic carbocycles. The van der Waals surface area contributed by atoms with Gasteiger partial charge in [-0.3, -0.25) is 4.72 Å². The van der Waals surface area contributed by atoms with E-state index in [0.29, 0.717) is 12.1 Å². The highest BCUT2D eigenvalue weighted by atomic mass is 32.2. The van der Waals surface area contributed by atoms with Gasteiger partial charge in [-0.25, -0.2) is 26.0 Å². The van der Waals surface area contributed by atoms with Gasteiger partial charge in [0.1, 0.15) is 10.7 Å². The van der Waals surface area contributed by atoms with Crippen LogP contribution in [0.2, 0.25) is 0 Å². The Balaban J connectivity index is 2.48. The van der Waals surface area contributed by atoms with Crippen LogP contribution in [-0.2, 0) is 10.0 Å². The number of benzene rings is 2. The van der Waals surface area contributed by atoms with Crippen LogP contribution in [-0.4, -0.2) is 8.42 Å². The fourth-order valence-corrected chi connectivity index (χ4v) is 2.86. The maximum absolute atomic E-state index is 13.6. The zero-order valence-electron chi connectivity index (χ0n) is 10.2. The van der Waals surface area contributed by atoms with Crippen LogP contribution in [0.25, 0.3) is 0 Å². The largest absolute Gasteiger partial charge is 0.398 e. The summed E-state index contributed by atoms with van der Waals surface area (Å²) in [7, 11) is -4.53. The highest BCUT2D eigenvalue weighted by Gasteiger charge is 2.23. The van der Waals surface area contributed by atoms with E-state index >= 15 is 0 Å². The number of hydrogen-bond acceptors (Lipinski definition) is 3. The molecule has 0 unspecified atom stereocenters. The maximum atomic E-state index is 13.6. The van der Waals surface area contributed by atoms with E-state index in [1.807, 2.05) is 0 Å². The first-order valence-corrected chi connectivity index (χ1v) is 6.92. The summed E-state index contributed by atoms with van der Waals surface area (Å²) in [4.78, 5) is -0.866. The Morgan fingerprint density at radius 2 is 1.52 bits per heavy atom. The smallest absolute Gasteiger partial charge is 0.266 e. The van der Waals surface area contributed by atoms with Gasteiger partial charge in [0.2, 0.25) is 0 Å². The number of rotatable bonds is 3. The van der Waals surface area contributed by atoms with Gasteiger partial charge in [-0.1, -0.05) is 6.07 Å². The molecular formula is C12H8F4N2O2S. The Bertz CT molecular complexity index is 766. The molecule has 4 nitrogen and oxygen atoms in total. The fourth-order valence-electron chi connectivity index (χ4n) is 1.63. The van der Waals surface area contributed by atoms with Crippen molar-refractivity contribution in [3.8, 4) is 0 Å². The van der Waals surface area contributed by atoms with Gasteiger partial charge >= 0.3 is 0 Å². The van der Waals surface area contributed by atoms with Gasteiger partial charge in [-0.2, -0.15) is 0 Å². The second-order valence-corrected chi connectivity index (χ2v) is 5.64. The molecule has 0 amide bonds. The highest BCUT2D eigenvalue weighted by molar-refractivity contribution is 7.92. The summed E-state index contributed by atoms with van der Waals surface area (Å²) in [6.45, 7) is 0. The van der Waals surface area contributed by atoms with Gasteiger partial charge in [-0.05, 0) is 12.1 Å². The molecule has 0 spiro atoms. The predicted molar refractivity (Wildman–Crippen MR) is 67.9 cm³/mol. The van der Waals surface area contributed by atoms with Crippen LogP contribution in [0.1, 0.15) is 0 Å². The van der Waals surface area contributed by atoms with Crippen LogP contribution < -0.4 is 10.5 Å². The van der Waals surface area contributed by atoms with Crippen molar-refractivity contribution in [1.29, 1.82) is 0 Å². The van der Waals surface area contributed by atoms with Gasteiger partial charge in [0.15, 0.2) is 17.5 Å². The van der Waals surface area contributed by atoms with E-state index in [1.165, 1.54) is 6.07 Å². The van der Waals surface area contributed by atoms with E-state index in [0.717, 1.165) is 12.1 Å². The third kappa shape index (κ3) is 2.92. The monoisotopic (exact) mass is 320 g/mol. The van der Waals surface area contributed by atoms with Crippen LogP contribution in [0.3, 0.4) is 0 Å². The summed E-state index contributed by atoms with van der Waals surface area (Å²) in [5.41, 5.74) is 4.39. The molecule has 0 saturated carbocycles. The maximum Gasteiger partial charge on any atom is 0.266 e. The lowest BCUT2D eigenvalue weighted by atomic mass is 10.3. The van der Waals surface area contributed by atoms with Crippen LogP contribution in [0.5, 0.6) is 0 Å². The summed E-state index contributed by atoms with van der Waals surface area (Å²) in [5.74, 6) is -6.06. The standard InChI is InChI=1S/C12H8F4N2O2S/c13-7-2-1-3-10(17)12(7)21(19,20)18-6-4-8(14)11(16)9(15)5-6/h1-5,18H,17H2. The van der Waals surface area contributed by atoms with Crippen molar-refractivity contribution in [2.75, 3.05) is 10.5 Å². The summed E-state index contributed by atoms with van der Waals surface area (Å²) in [6.07, 6.45) is 0. The van der Waals surface area contributed by atoms with Crippen molar-refractivity contribution in [3.05, 3.63) is 53.6 Å². The number of nitrogens with two attached hydrogens (primary N) is 1. The number of nitrogen functional groups attached to an aromatic ring is 1. The third-order valence-electron chi connectivity index (χ3n) is 2.50. The molecule has 0 saturated heterocycles. The van der Waals surface area contributed by atoms with Gasteiger partial charge in [0.25, 0.3) is 10.0 Å². The van der Waals surface area contributed by atoms with E-state index in [9.17, 15) is 26.0 Å². The molecule has 9 heteroatoms. The van der Waals surface area contributed by atoms with Crippen molar-refractivity contribution in [2.24, 2.45) is 0 Å². The first kappa shape index (κ1) is 15.1. The quantitative estimate of drug-likeness (QED) is 0.519. The van der Waals surface area contributed by atoms with E-state index in [1.54, 1.807) is 4.72 Å².